The first-order chi connectivity index (χ1) is 16.2. The van der Waals surface area contributed by atoms with E-state index in [2.05, 4.69) is 20.6 Å². The molecule has 11 nitrogen and oxygen atoms in total. The second-order valence-corrected chi connectivity index (χ2v) is 8.53. The SMILES string of the molecule is CC(=O)CCCOC(=O)NCc1c(-c2ccc(O[C@H]3CCC[C@H](C(=O)O)C3)c(C)n2)nnn1C. The van der Waals surface area contributed by atoms with E-state index in [1.165, 1.54) is 6.92 Å². The number of carboxylic acid groups (broad SMARTS) is 1. The van der Waals surface area contributed by atoms with Gasteiger partial charge in [-0.05, 0) is 58.1 Å². The van der Waals surface area contributed by atoms with Crippen molar-refractivity contribution in [3.63, 3.8) is 0 Å². The van der Waals surface area contributed by atoms with Crippen molar-refractivity contribution in [3.05, 3.63) is 23.5 Å². The van der Waals surface area contributed by atoms with E-state index in [4.69, 9.17) is 9.47 Å². The molecule has 184 valence electrons. The van der Waals surface area contributed by atoms with Gasteiger partial charge in [0.2, 0.25) is 0 Å². The maximum Gasteiger partial charge on any atom is 0.407 e. The Morgan fingerprint density at radius 2 is 2.06 bits per heavy atom. The third kappa shape index (κ3) is 6.75. The highest BCUT2D eigenvalue weighted by Crippen LogP contribution is 2.30. The first-order valence-corrected chi connectivity index (χ1v) is 11.4. The first-order valence-electron chi connectivity index (χ1n) is 11.4. The van der Waals surface area contributed by atoms with Gasteiger partial charge in [0, 0.05) is 13.5 Å². The summed E-state index contributed by atoms with van der Waals surface area (Å²) in [6, 6.07) is 3.57. The summed E-state index contributed by atoms with van der Waals surface area (Å²) in [4.78, 5) is 38.8. The number of aliphatic carboxylic acids is 1. The summed E-state index contributed by atoms with van der Waals surface area (Å²) < 4.78 is 12.7. The van der Waals surface area contributed by atoms with Crippen molar-refractivity contribution in [2.45, 2.75) is 65.0 Å². The number of alkyl carbamates (subject to hydrolysis) is 1. The van der Waals surface area contributed by atoms with Gasteiger partial charge >= 0.3 is 12.1 Å². The van der Waals surface area contributed by atoms with E-state index < -0.39 is 12.1 Å². The molecule has 1 amide bonds. The smallest absolute Gasteiger partial charge is 0.407 e. The standard InChI is InChI=1S/C23H31N5O6/c1-14(29)6-5-11-33-23(32)24-13-19-21(26-27-28(19)3)18-9-10-20(15(2)25-18)34-17-8-4-7-16(12-17)22(30)31/h9-10,16-17H,4-8,11-13H2,1-3H3,(H,24,32)(H,30,31)/t16-,17-/m0/s1. The summed E-state index contributed by atoms with van der Waals surface area (Å²) in [5, 5.41) is 20.2. The molecule has 1 aliphatic carbocycles. The van der Waals surface area contributed by atoms with Crippen LogP contribution in [0.15, 0.2) is 12.1 Å². The minimum absolute atomic E-state index is 0.0528. The Labute approximate surface area is 197 Å². The van der Waals surface area contributed by atoms with Crippen LogP contribution in [0.5, 0.6) is 5.75 Å². The van der Waals surface area contributed by atoms with Crippen molar-refractivity contribution in [2.24, 2.45) is 13.0 Å². The third-order valence-electron chi connectivity index (χ3n) is 5.80. The molecule has 0 saturated heterocycles. The van der Waals surface area contributed by atoms with Crippen molar-refractivity contribution < 1.29 is 29.0 Å². The maximum absolute atomic E-state index is 12.0. The molecule has 0 aliphatic heterocycles. The van der Waals surface area contributed by atoms with E-state index in [1.807, 2.05) is 6.92 Å². The highest BCUT2D eigenvalue weighted by Gasteiger charge is 2.28. The van der Waals surface area contributed by atoms with E-state index in [0.29, 0.717) is 54.2 Å². The van der Waals surface area contributed by atoms with Crippen LogP contribution in [-0.4, -0.2) is 55.6 Å². The summed E-state index contributed by atoms with van der Waals surface area (Å²) in [7, 11) is 1.72. The van der Waals surface area contributed by atoms with Gasteiger partial charge < -0.3 is 24.7 Å². The lowest BCUT2D eigenvalue weighted by molar-refractivity contribution is -0.143. The predicted octanol–water partition coefficient (Wildman–Crippen LogP) is 2.80. The molecular weight excluding hydrogens is 442 g/mol. The second-order valence-electron chi connectivity index (χ2n) is 8.53. The molecule has 0 bridgehead atoms. The van der Waals surface area contributed by atoms with E-state index in [1.54, 1.807) is 23.9 Å². The number of carbonyl (C=O) groups is 3. The monoisotopic (exact) mass is 473 g/mol. The van der Waals surface area contributed by atoms with Crippen molar-refractivity contribution >= 4 is 17.8 Å². The minimum atomic E-state index is -0.776. The number of pyridine rings is 1. The highest BCUT2D eigenvalue weighted by molar-refractivity contribution is 5.75. The zero-order valence-electron chi connectivity index (χ0n) is 19.7. The lowest BCUT2D eigenvalue weighted by Crippen LogP contribution is -2.29. The summed E-state index contributed by atoms with van der Waals surface area (Å²) in [5.41, 5.74) is 2.41. The van der Waals surface area contributed by atoms with Crippen LogP contribution in [0.2, 0.25) is 0 Å². The zero-order chi connectivity index (χ0) is 24.7. The molecule has 1 fully saturated rings. The van der Waals surface area contributed by atoms with Crippen molar-refractivity contribution in [1.82, 2.24) is 25.3 Å². The highest BCUT2D eigenvalue weighted by atomic mass is 16.5. The zero-order valence-corrected chi connectivity index (χ0v) is 19.7. The summed E-state index contributed by atoms with van der Waals surface area (Å²) in [6.45, 7) is 3.62. The van der Waals surface area contributed by atoms with Gasteiger partial charge in [-0.15, -0.1) is 5.10 Å². The van der Waals surface area contributed by atoms with E-state index in [9.17, 15) is 19.5 Å². The van der Waals surface area contributed by atoms with Gasteiger partial charge in [0.05, 0.1) is 42.3 Å². The molecule has 1 aliphatic rings. The van der Waals surface area contributed by atoms with Crippen LogP contribution in [0.1, 0.15) is 56.8 Å². The van der Waals surface area contributed by atoms with Crippen molar-refractivity contribution in [2.75, 3.05) is 6.61 Å². The Bertz CT molecular complexity index is 1040. The molecular formula is C23H31N5O6. The van der Waals surface area contributed by atoms with E-state index in [0.717, 1.165) is 12.8 Å². The molecule has 2 atom stereocenters. The molecule has 2 aromatic rings. The van der Waals surface area contributed by atoms with Crippen LogP contribution in [0.4, 0.5) is 4.79 Å². The number of nitrogens with one attached hydrogen (secondary N) is 1. The van der Waals surface area contributed by atoms with Gasteiger partial charge in [-0.25, -0.2) is 14.5 Å². The van der Waals surface area contributed by atoms with Crippen LogP contribution >= 0.6 is 0 Å². The quantitative estimate of drug-likeness (QED) is 0.497. The second kappa shape index (κ2) is 11.6. The topological polar surface area (TPSA) is 146 Å². The molecule has 11 heteroatoms. The average Bonchev–Trinajstić information content (AvgIpc) is 3.17. The van der Waals surface area contributed by atoms with Crippen LogP contribution in [-0.2, 0) is 27.9 Å². The third-order valence-corrected chi connectivity index (χ3v) is 5.80. The number of hydrogen-bond donors (Lipinski definition) is 2. The largest absolute Gasteiger partial charge is 0.489 e. The lowest BCUT2D eigenvalue weighted by Gasteiger charge is -2.27. The minimum Gasteiger partial charge on any atom is -0.489 e. The summed E-state index contributed by atoms with van der Waals surface area (Å²) in [5.74, 6) is -0.487. The number of aryl methyl sites for hydroxylation is 2. The van der Waals surface area contributed by atoms with Crippen LogP contribution in [0.25, 0.3) is 11.4 Å². The van der Waals surface area contributed by atoms with Crippen LogP contribution in [0, 0.1) is 12.8 Å². The number of aromatic nitrogens is 4. The number of rotatable bonds is 10. The molecule has 3 rings (SSSR count). The Balaban J connectivity index is 1.62. The molecule has 2 heterocycles. The molecule has 0 spiro atoms. The molecule has 0 aromatic carbocycles. The number of nitrogens with zero attached hydrogens (tertiary/aromatic N) is 4. The number of carboxylic acids is 1. The fourth-order valence-corrected chi connectivity index (χ4v) is 3.93. The Morgan fingerprint density at radius 1 is 1.26 bits per heavy atom. The summed E-state index contributed by atoms with van der Waals surface area (Å²) in [6.07, 6.45) is 2.92. The fraction of sp³-hybridized carbons (Fsp3) is 0.565. The first kappa shape index (κ1) is 25.1. The Hall–Kier alpha value is -3.50. The normalized spacial score (nSPS) is 17.7. The molecule has 34 heavy (non-hydrogen) atoms. The van der Waals surface area contributed by atoms with Gasteiger partial charge in [-0.2, -0.15) is 0 Å². The number of carbonyl (C=O) groups excluding carboxylic acids is 2. The van der Waals surface area contributed by atoms with E-state index >= 15 is 0 Å². The average molecular weight is 474 g/mol. The van der Waals surface area contributed by atoms with Crippen molar-refractivity contribution in [1.29, 1.82) is 0 Å². The van der Waals surface area contributed by atoms with Crippen molar-refractivity contribution in [3.8, 4) is 17.1 Å². The molecule has 0 unspecified atom stereocenters. The van der Waals surface area contributed by atoms with Gasteiger partial charge in [-0.1, -0.05) is 5.21 Å². The lowest BCUT2D eigenvalue weighted by atomic mass is 9.87. The van der Waals surface area contributed by atoms with Gasteiger partial charge in [0.25, 0.3) is 0 Å². The molecule has 1 saturated carbocycles. The Kier molecular flexibility index (Phi) is 8.55. The fourth-order valence-electron chi connectivity index (χ4n) is 3.93. The number of Topliss-reactive ketones (excluding diaryl/α,β-unsaturated/α-hetero) is 1. The summed E-state index contributed by atoms with van der Waals surface area (Å²) >= 11 is 0. The maximum atomic E-state index is 12.0. The number of ketones is 1. The molecule has 2 aromatic heterocycles. The van der Waals surface area contributed by atoms with Crippen LogP contribution < -0.4 is 10.1 Å². The van der Waals surface area contributed by atoms with E-state index in [-0.39, 0.29) is 31.0 Å². The van der Waals surface area contributed by atoms with Crippen LogP contribution in [0.3, 0.4) is 0 Å². The number of amides is 1. The van der Waals surface area contributed by atoms with Gasteiger partial charge in [0.15, 0.2) is 0 Å². The molecule has 2 N–H and O–H groups in total. The number of ether oxygens (including phenoxy) is 2. The molecule has 0 radical (unpaired) electrons. The van der Waals surface area contributed by atoms with Gasteiger partial charge in [0.1, 0.15) is 17.2 Å². The van der Waals surface area contributed by atoms with Gasteiger partial charge in [-0.3, -0.25) is 4.79 Å². The number of hydrogen-bond acceptors (Lipinski definition) is 8. The Morgan fingerprint density at radius 3 is 2.76 bits per heavy atom. The predicted molar refractivity (Wildman–Crippen MR) is 121 cm³/mol.